The van der Waals surface area contributed by atoms with Crippen molar-refractivity contribution in [2.24, 2.45) is 0 Å². The number of hydrogen-bond acceptors (Lipinski definition) is 6. The Balaban J connectivity index is 1.84. The molecule has 2 aliphatic rings. The molecular weight excluding hydrogens is 414 g/mol. The first-order valence-electron chi connectivity index (χ1n) is 9.73. The van der Waals surface area contributed by atoms with Crippen molar-refractivity contribution in [3.8, 4) is 22.6 Å². The Morgan fingerprint density at radius 1 is 1.27 bits per heavy atom. The maximum absolute atomic E-state index is 15.7. The van der Waals surface area contributed by atoms with E-state index in [1.54, 1.807) is 0 Å². The second-order valence-corrected chi connectivity index (χ2v) is 8.02. The Kier molecular flexibility index (Phi) is 4.63. The predicted octanol–water partition coefficient (Wildman–Crippen LogP) is 3.88. The van der Waals surface area contributed by atoms with Crippen molar-refractivity contribution in [2.45, 2.75) is 25.4 Å². The van der Waals surface area contributed by atoms with Crippen LogP contribution in [-0.4, -0.2) is 46.9 Å². The average molecular weight is 433 g/mol. The quantitative estimate of drug-likeness (QED) is 0.608. The molecule has 1 saturated heterocycles. The average Bonchev–Trinajstić information content (AvgIpc) is 2.71. The van der Waals surface area contributed by atoms with Crippen molar-refractivity contribution in [3.63, 3.8) is 0 Å². The highest BCUT2D eigenvalue weighted by Crippen LogP contribution is 2.49. The summed E-state index contributed by atoms with van der Waals surface area (Å²) < 4.78 is 36.2. The van der Waals surface area contributed by atoms with Gasteiger partial charge >= 0.3 is 0 Å². The monoisotopic (exact) mass is 432 g/mol. The maximum atomic E-state index is 15.7. The number of nitrogens with one attached hydrogen (secondary N) is 1. The molecule has 5 rings (SSSR count). The van der Waals surface area contributed by atoms with E-state index in [9.17, 15) is 9.50 Å². The second kappa shape index (κ2) is 7.21. The van der Waals surface area contributed by atoms with E-state index in [-0.39, 0.29) is 39.5 Å². The van der Waals surface area contributed by atoms with Gasteiger partial charge in [-0.15, -0.1) is 0 Å². The summed E-state index contributed by atoms with van der Waals surface area (Å²) in [4.78, 5) is 10.7. The van der Waals surface area contributed by atoms with E-state index in [0.717, 1.165) is 12.6 Å². The van der Waals surface area contributed by atoms with Gasteiger partial charge in [-0.3, -0.25) is 0 Å². The summed E-state index contributed by atoms with van der Waals surface area (Å²) in [6.45, 7) is 3.85. The zero-order valence-electron chi connectivity index (χ0n) is 16.1. The van der Waals surface area contributed by atoms with Crippen molar-refractivity contribution in [1.82, 2.24) is 15.3 Å². The highest BCUT2D eigenvalue weighted by atomic mass is 35.5. The van der Waals surface area contributed by atoms with E-state index in [2.05, 4.69) is 27.1 Å². The lowest BCUT2D eigenvalue weighted by Gasteiger charge is -2.41. The number of nitrogens with zero attached hydrogens (tertiary/aromatic N) is 3. The molecule has 1 aromatic heterocycles. The molecule has 3 aromatic rings. The first-order valence-corrected chi connectivity index (χ1v) is 10.1. The van der Waals surface area contributed by atoms with Crippen LogP contribution in [0.3, 0.4) is 0 Å². The van der Waals surface area contributed by atoms with Crippen LogP contribution in [0.15, 0.2) is 24.5 Å². The fourth-order valence-corrected chi connectivity index (χ4v) is 4.62. The summed E-state index contributed by atoms with van der Waals surface area (Å²) in [5.74, 6) is -1.30. The topological polar surface area (TPSA) is 70.5 Å². The van der Waals surface area contributed by atoms with Gasteiger partial charge in [-0.05, 0) is 19.1 Å². The maximum Gasteiger partial charge on any atom is 0.159 e. The lowest BCUT2D eigenvalue weighted by atomic mass is 9.98. The zero-order chi connectivity index (χ0) is 21.0. The smallest absolute Gasteiger partial charge is 0.159 e. The minimum absolute atomic E-state index is 0.0242. The molecular formula is C21H19ClF2N4O2. The van der Waals surface area contributed by atoms with Gasteiger partial charge in [0.1, 0.15) is 29.2 Å². The van der Waals surface area contributed by atoms with E-state index >= 15 is 4.39 Å². The van der Waals surface area contributed by atoms with Crippen LogP contribution in [0, 0.1) is 11.6 Å². The molecule has 30 heavy (non-hydrogen) atoms. The van der Waals surface area contributed by atoms with Gasteiger partial charge in [0.25, 0.3) is 0 Å². The highest BCUT2D eigenvalue weighted by Gasteiger charge is 2.34. The predicted molar refractivity (Wildman–Crippen MR) is 110 cm³/mol. The molecule has 6 nitrogen and oxygen atoms in total. The Labute approximate surface area is 176 Å². The molecule has 2 N–H and O–H groups in total. The Bertz CT molecular complexity index is 1140. The number of phenols is 1. The molecule has 0 bridgehead atoms. The molecule has 0 saturated carbocycles. The highest BCUT2D eigenvalue weighted by molar-refractivity contribution is 6.36. The Morgan fingerprint density at radius 3 is 2.90 bits per heavy atom. The number of fused-ring (bicyclic) bond motifs is 2. The number of aromatic hydroxyl groups is 1. The molecule has 0 spiro atoms. The van der Waals surface area contributed by atoms with E-state index in [1.165, 1.54) is 18.5 Å². The number of rotatable bonds is 1. The molecule has 9 heteroatoms. The summed E-state index contributed by atoms with van der Waals surface area (Å²) in [5, 5.41) is 13.9. The summed E-state index contributed by atoms with van der Waals surface area (Å²) >= 11 is 6.58. The third-order valence-corrected chi connectivity index (χ3v) is 6.09. The van der Waals surface area contributed by atoms with Gasteiger partial charge in [-0.2, -0.15) is 0 Å². The number of benzene rings is 2. The third kappa shape index (κ3) is 2.86. The molecule has 2 unspecified atom stereocenters. The summed E-state index contributed by atoms with van der Waals surface area (Å²) in [6.07, 6.45) is 1.99. The van der Waals surface area contributed by atoms with Gasteiger partial charge < -0.3 is 20.1 Å². The fraction of sp³-hybridized carbons (Fsp3) is 0.333. The van der Waals surface area contributed by atoms with Crippen LogP contribution in [0.25, 0.3) is 22.0 Å². The normalized spacial score (nSPS) is 21.0. The van der Waals surface area contributed by atoms with Gasteiger partial charge in [-0.25, -0.2) is 18.7 Å². The lowest BCUT2D eigenvalue weighted by molar-refractivity contribution is 0.276. The minimum atomic E-state index is -0.827. The number of piperazine rings is 1. The zero-order valence-corrected chi connectivity index (χ0v) is 16.9. The van der Waals surface area contributed by atoms with E-state index < -0.39 is 17.4 Å². The van der Waals surface area contributed by atoms with Gasteiger partial charge in [0.05, 0.1) is 22.6 Å². The molecule has 2 aliphatic heterocycles. The van der Waals surface area contributed by atoms with E-state index in [1.807, 2.05) is 0 Å². The number of aromatic nitrogens is 2. The van der Waals surface area contributed by atoms with Crippen molar-refractivity contribution in [3.05, 3.63) is 41.2 Å². The fourth-order valence-electron chi connectivity index (χ4n) is 4.29. The first kappa shape index (κ1) is 19.3. The lowest BCUT2D eigenvalue weighted by Crippen LogP contribution is -2.56. The summed E-state index contributed by atoms with van der Waals surface area (Å²) in [7, 11) is 0. The van der Waals surface area contributed by atoms with Crippen LogP contribution in [0.1, 0.15) is 13.3 Å². The number of anilines is 1. The molecule has 0 radical (unpaired) electrons. The first-order chi connectivity index (χ1) is 14.5. The third-order valence-electron chi connectivity index (χ3n) is 5.72. The van der Waals surface area contributed by atoms with Crippen molar-refractivity contribution >= 4 is 28.3 Å². The largest absolute Gasteiger partial charge is 0.507 e. The van der Waals surface area contributed by atoms with E-state index in [4.69, 9.17) is 16.3 Å². The standard InChI is InChI=1S/C21H19ClF2N4O2/c1-10-8-28-11(7-25-10)5-6-30-20-16-19(26-9-27-21(16)28)18(24)15(17(20)22)14-12(23)3-2-4-13(14)29/h2-4,9-11,25,29H,5-8H2,1H3. The number of phenolic OH excluding ortho intramolecular Hbond substituents is 1. The van der Waals surface area contributed by atoms with Crippen LogP contribution in [0.5, 0.6) is 11.5 Å². The van der Waals surface area contributed by atoms with Crippen LogP contribution in [0.2, 0.25) is 5.02 Å². The van der Waals surface area contributed by atoms with Crippen LogP contribution >= 0.6 is 11.6 Å². The van der Waals surface area contributed by atoms with Crippen molar-refractivity contribution in [1.29, 1.82) is 0 Å². The molecule has 2 atom stereocenters. The number of hydrogen-bond donors (Lipinski definition) is 2. The van der Waals surface area contributed by atoms with E-state index in [0.29, 0.717) is 30.8 Å². The Morgan fingerprint density at radius 2 is 2.10 bits per heavy atom. The molecule has 0 amide bonds. The molecule has 2 aromatic carbocycles. The van der Waals surface area contributed by atoms with Crippen LogP contribution < -0.4 is 15.0 Å². The van der Waals surface area contributed by atoms with Gasteiger partial charge in [-0.1, -0.05) is 17.7 Å². The van der Waals surface area contributed by atoms with Gasteiger partial charge in [0, 0.05) is 37.2 Å². The second-order valence-electron chi connectivity index (χ2n) is 7.64. The number of ether oxygens (including phenoxy) is 1. The number of halogens is 3. The Hall–Kier alpha value is -2.71. The SMILES string of the molecule is CC1CN2c3ncnc4c(F)c(-c5c(O)cccc5F)c(Cl)c(c34)OCCC2CN1. The van der Waals surface area contributed by atoms with Gasteiger partial charge in [0.2, 0.25) is 0 Å². The van der Waals surface area contributed by atoms with Crippen molar-refractivity contribution in [2.75, 3.05) is 24.6 Å². The minimum Gasteiger partial charge on any atom is -0.507 e. The van der Waals surface area contributed by atoms with Crippen molar-refractivity contribution < 1.29 is 18.6 Å². The summed E-state index contributed by atoms with van der Waals surface area (Å²) in [6, 6.07) is 4.11. The van der Waals surface area contributed by atoms with Crippen LogP contribution in [0.4, 0.5) is 14.6 Å². The molecule has 1 fully saturated rings. The summed E-state index contributed by atoms with van der Waals surface area (Å²) in [5.41, 5.74) is -0.619. The molecule has 3 heterocycles. The van der Waals surface area contributed by atoms with Gasteiger partial charge in [0.15, 0.2) is 11.6 Å². The molecule has 156 valence electrons. The van der Waals surface area contributed by atoms with Crippen LogP contribution in [-0.2, 0) is 0 Å². The molecule has 0 aliphatic carbocycles.